The van der Waals surface area contributed by atoms with Gasteiger partial charge in [-0.2, -0.15) is 0 Å². The fourth-order valence-corrected chi connectivity index (χ4v) is 3.24. The van der Waals surface area contributed by atoms with Gasteiger partial charge < -0.3 is 14.6 Å². The van der Waals surface area contributed by atoms with Crippen LogP contribution in [0.4, 0.5) is 13.2 Å². The summed E-state index contributed by atoms with van der Waals surface area (Å²) in [4.78, 5) is 25.1. The molecule has 3 rings (SSSR count). The van der Waals surface area contributed by atoms with Crippen LogP contribution in [0.1, 0.15) is 28.5 Å². The van der Waals surface area contributed by atoms with E-state index in [0.29, 0.717) is 22.2 Å². The number of carbonyl (C=O) groups excluding carboxylic acids is 2. The van der Waals surface area contributed by atoms with Crippen LogP contribution in [-0.2, 0) is 16.0 Å². The minimum Gasteiger partial charge on any atom is -0.508 e. The number of phenols is 1. The number of carbonyl (C=O) groups is 2. The van der Waals surface area contributed by atoms with Crippen LogP contribution in [0.25, 0.3) is 10.9 Å². The molecule has 0 radical (unpaired) electrons. The molecule has 3 aromatic rings. The van der Waals surface area contributed by atoms with Gasteiger partial charge in [0.05, 0.1) is 18.5 Å². The molecule has 0 bridgehead atoms. The Balaban J connectivity index is 2.04. The van der Waals surface area contributed by atoms with Gasteiger partial charge in [-0.25, -0.2) is 0 Å². The van der Waals surface area contributed by atoms with E-state index < -0.39 is 24.0 Å². The lowest BCUT2D eigenvalue weighted by Gasteiger charge is -2.10. The summed E-state index contributed by atoms with van der Waals surface area (Å²) < 4.78 is 47.2. The number of nitrogens with zero attached hydrogens (tertiary/aromatic N) is 1. The van der Waals surface area contributed by atoms with Crippen molar-refractivity contribution in [2.45, 2.75) is 26.6 Å². The molecule has 0 aliphatic rings. The molecule has 30 heavy (non-hydrogen) atoms. The minimum atomic E-state index is -4.83. The highest BCUT2D eigenvalue weighted by molar-refractivity contribution is 6.05. The molecule has 1 N–H and O–H groups in total. The Morgan fingerprint density at radius 2 is 1.77 bits per heavy atom. The Kier molecular flexibility index (Phi) is 5.73. The number of halogens is 3. The van der Waals surface area contributed by atoms with Crippen LogP contribution in [0.3, 0.4) is 0 Å². The van der Waals surface area contributed by atoms with Gasteiger partial charge in [0.2, 0.25) is 0 Å². The van der Waals surface area contributed by atoms with E-state index in [0.717, 1.165) is 12.1 Å². The number of rotatable bonds is 5. The second-order valence-corrected chi connectivity index (χ2v) is 6.46. The highest BCUT2D eigenvalue weighted by atomic mass is 19.4. The molecule has 0 aliphatic heterocycles. The number of aromatic nitrogens is 1. The number of hydrogen-bond acceptors (Lipinski definition) is 5. The number of ether oxygens (including phenoxy) is 2. The van der Waals surface area contributed by atoms with Crippen molar-refractivity contribution in [1.29, 1.82) is 0 Å². The first-order chi connectivity index (χ1) is 14.1. The van der Waals surface area contributed by atoms with Crippen LogP contribution < -0.4 is 4.74 Å². The first kappa shape index (κ1) is 21.2. The van der Waals surface area contributed by atoms with Gasteiger partial charge in [0.1, 0.15) is 11.5 Å². The van der Waals surface area contributed by atoms with Gasteiger partial charge >= 0.3 is 12.3 Å². The molecule has 1 heterocycles. The smallest absolute Gasteiger partial charge is 0.508 e. The first-order valence-corrected chi connectivity index (χ1v) is 8.99. The number of alkyl halides is 3. The van der Waals surface area contributed by atoms with Crippen LogP contribution in [0, 0.1) is 6.92 Å². The fourth-order valence-electron chi connectivity index (χ4n) is 3.24. The lowest BCUT2D eigenvalue weighted by atomic mass is 10.1. The highest BCUT2D eigenvalue weighted by Crippen LogP contribution is 2.31. The van der Waals surface area contributed by atoms with E-state index >= 15 is 0 Å². The van der Waals surface area contributed by atoms with E-state index in [1.165, 1.54) is 34.9 Å². The van der Waals surface area contributed by atoms with Crippen molar-refractivity contribution in [3.05, 3.63) is 59.3 Å². The zero-order valence-corrected chi connectivity index (χ0v) is 16.1. The molecule has 0 saturated heterocycles. The highest BCUT2D eigenvalue weighted by Gasteiger charge is 2.31. The third-order valence-electron chi connectivity index (χ3n) is 4.48. The van der Waals surface area contributed by atoms with Crippen molar-refractivity contribution in [3.8, 4) is 11.5 Å². The average Bonchev–Trinajstić information content (AvgIpc) is 2.92. The maximum absolute atomic E-state index is 13.1. The predicted octanol–water partition coefficient (Wildman–Crippen LogP) is 4.35. The van der Waals surface area contributed by atoms with E-state index in [4.69, 9.17) is 4.74 Å². The van der Waals surface area contributed by atoms with Crippen molar-refractivity contribution in [1.82, 2.24) is 4.57 Å². The van der Waals surface area contributed by atoms with Gasteiger partial charge in [-0.05, 0) is 61.9 Å². The third-order valence-corrected chi connectivity index (χ3v) is 4.48. The lowest BCUT2D eigenvalue weighted by Crippen LogP contribution is -2.17. The number of phenolic OH excluding ortho intramolecular Hbond substituents is 1. The molecule has 0 aliphatic carbocycles. The molecule has 0 spiro atoms. The van der Waals surface area contributed by atoms with Crippen molar-refractivity contribution >= 4 is 22.8 Å². The summed E-state index contributed by atoms with van der Waals surface area (Å²) in [6.45, 7) is 3.52. The molecule has 6 nitrogen and oxygen atoms in total. The molecular weight excluding hydrogens is 403 g/mol. The van der Waals surface area contributed by atoms with Gasteiger partial charge in [0.15, 0.2) is 0 Å². The van der Waals surface area contributed by atoms with Crippen LogP contribution in [0.15, 0.2) is 42.5 Å². The Morgan fingerprint density at radius 3 is 2.37 bits per heavy atom. The fraction of sp³-hybridized carbons (Fsp3) is 0.238. The molecule has 158 valence electrons. The molecule has 2 aromatic carbocycles. The largest absolute Gasteiger partial charge is 0.573 e. The number of esters is 1. The summed E-state index contributed by atoms with van der Waals surface area (Å²) in [6.07, 6.45) is -4.93. The average molecular weight is 421 g/mol. The standard InChI is InChI=1S/C21H18F3NO5/c1-3-29-19(27)11-16-12(2)25(18-9-6-14(26)10-17(16)18)20(28)13-4-7-15(8-5-13)30-21(22,23)24/h4-10,26H,3,11H2,1-2H3. The Morgan fingerprint density at radius 1 is 1.10 bits per heavy atom. The van der Waals surface area contributed by atoms with Crippen LogP contribution >= 0.6 is 0 Å². The molecule has 0 amide bonds. The quantitative estimate of drug-likeness (QED) is 0.620. The first-order valence-electron chi connectivity index (χ1n) is 8.99. The minimum absolute atomic E-state index is 0.0362. The lowest BCUT2D eigenvalue weighted by molar-refractivity contribution is -0.274. The summed E-state index contributed by atoms with van der Waals surface area (Å²) >= 11 is 0. The van der Waals surface area contributed by atoms with Crippen molar-refractivity contribution < 1.29 is 37.3 Å². The SMILES string of the molecule is CCOC(=O)Cc1c(C)n(C(=O)c2ccc(OC(F)(F)F)cc2)c2ccc(O)cc12. The molecule has 0 unspecified atom stereocenters. The molecule has 0 atom stereocenters. The van der Waals surface area contributed by atoms with Crippen molar-refractivity contribution in [3.63, 3.8) is 0 Å². The second kappa shape index (κ2) is 8.10. The zero-order valence-electron chi connectivity index (χ0n) is 16.1. The monoisotopic (exact) mass is 421 g/mol. The maximum atomic E-state index is 13.1. The number of hydrogen-bond donors (Lipinski definition) is 1. The predicted molar refractivity (Wildman–Crippen MR) is 102 cm³/mol. The molecule has 0 fully saturated rings. The number of aromatic hydroxyl groups is 1. The normalized spacial score (nSPS) is 11.5. The number of fused-ring (bicyclic) bond motifs is 1. The van der Waals surface area contributed by atoms with Gasteiger partial charge in [-0.1, -0.05) is 0 Å². The van der Waals surface area contributed by atoms with E-state index in [2.05, 4.69) is 4.74 Å². The van der Waals surface area contributed by atoms with Gasteiger partial charge in [0.25, 0.3) is 5.91 Å². The van der Waals surface area contributed by atoms with Gasteiger partial charge in [0, 0.05) is 16.6 Å². The van der Waals surface area contributed by atoms with E-state index in [9.17, 15) is 27.9 Å². The van der Waals surface area contributed by atoms with Crippen LogP contribution in [0.2, 0.25) is 0 Å². The third kappa shape index (κ3) is 4.40. The molecule has 9 heteroatoms. The molecular formula is C21H18F3NO5. The van der Waals surface area contributed by atoms with Crippen molar-refractivity contribution in [2.24, 2.45) is 0 Å². The Labute approximate surface area is 169 Å². The molecule has 0 saturated carbocycles. The number of benzene rings is 2. The van der Waals surface area contributed by atoms with E-state index in [1.54, 1.807) is 13.8 Å². The second-order valence-electron chi connectivity index (χ2n) is 6.46. The zero-order chi connectivity index (χ0) is 22.1. The summed E-state index contributed by atoms with van der Waals surface area (Å²) in [5.74, 6) is -1.46. The Bertz CT molecular complexity index is 1100. The van der Waals surface area contributed by atoms with E-state index in [-0.39, 0.29) is 24.3 Å². The molecule has 1 aromatic heterocycles. The summed E-state index contributed by atoms with van der Waals surface area (Å²) in [7, 11) is 0. The summed E-state index contributed by atoms with van der Waals surface area (Å²) in [5.41, 5.74) is 1.56. The van der Waals surface area contributed by atoms with Crippen LogP contribution in [0.5, 0.6) is 11.5 Å². The van der Waals surface area contributed by atoms with E-state index in [1.807, 2.05) is 0 Å². The summed E-state index contributed by atoms with van der Waals surface area (Å²) in [5, 5.41) is 10.4. The maximum Gasteiger partial charge on any atom is 0.573 e. The summed E-state index contributed by atoms with van der Waals surface area (Å²) in [6, 6.07) is 8.92. The van der Waals surface area contributed by atoms with Crippen LogP contribution in [-0.4, -0.2) is 34.5 Å². The van der Waals surface area contributed by atoms with Gasteiger partial charge in [-0.3, -0.25) is 14.2 Å². The van der Waals surface area contributed by atoms with Gasteiger partial charge in [-0.15, -0.1) is 13.2 Å². The Hall–Kier alpha value is -3.49. The topological polar surface area (TPSA) is 77.8 Å². The van der Waals surface area contributed by atoms with Crippen molar-refractivity contribution in [2.75, 3.05) is 6.61 Å².